The molecule has 6 heteroatoms. The third kappa shape index (κ3) is 4.31. The molecule has 128 valence electrons. The Hall–Kier alpha value is -2.44. The maximum Gasteiger partial charge on any atom is 0.305 e. The first kappa shape index (κ1) is 17.9. The Labute approximate surface area is 140 Å². The van der Waals surface area contributed by atoms with E-state index in [1.165, 1.54) is 14.2 Å². The summed E-state index contributed by atoms with van der Waals surface area (Å²) in [7, 11) is 2.72. The molecular weight excluding hydrogens is 310 g/mol. The van der Waals surface area contributed by atoms with Gasteiger partial charge in [0.15, 0.2) is 6.23 Å². The van der Waals surface area contributed by atoms with Gasteiger partial charge in [0, 0.05) is 25.5 Å². The van der Waals surface area contributed by atoms with E-state index in [2.05, 4.69) is 4.74 Å². The molecule has 0 aromatic heterocycles. The number of ether oxygens (including phenoxy) is 2. The van der Waals surface area contributed by atoms with E-state index in [0.717, 1.165) is 10.8 Å². The van der Waals surface area contributed by atoms with Crippen molar-refractivity contribution in [1.29, 1.82) is 0 Å². The molecular formula is C18H21NO5. The Bertz CT molecular complexity index is 715. The van der Waals surface area contributed by atoms with Crippen LogP contribution < -0.4 is 0 Å². The van der Waals surface area contributed by atoms with Crippen LogP contribution in [0, 0.1) is 0 Å². The van der Waals surface area contributed by atoms with Crippen molar-refractivity contribution in [2.75, 3.05) is 14.2 Å². The van der Waals surface area contributed by atoms with Gasteiger partial charge < -0.3 is 9.47 Å². The first-order valence-electron chi connectivity index (χ1n) is 7.66. The molecule has 6 nitrogen and oxygen atoms in total. The lowest BCUT2D eigenvalue weighted by Gasteiger charge is -2.25. The lowest BCUT2D eigenvalue weighted by Crippen LogP contribution is -2.32. The van der Waals surface area contributed by atoms with Gasteiger partial charge in [-0.2, -0.15) is 5.06 Å². The standard InChI is InChI=1S/C18H21NO5/c1-23-17(21)9-5-8-16(20)19(22)18(24-2)15-11-10-13-6-3-4-7-14(13)12-15/h3-4,6-7,10-12,18,22H,5,8-9H2,1-2H3. The maximum absolute atomic E-state index is 12.1. The minimum atomic E-state index is -0.903. The van der Waals surface area contributed by atoms with Gasteiger partial charge in [-0.15, -0.1) is 0 Å². The second-order valence-corrected chi connectivity index (χ2v) is 5.36. The van der Waals surface area contributed by atoms with Crippen LogP contribution in [-0.4, -0.2) is 36.4 Å². The summed E-state index contributed by atoms with van der Waals surface area (Å²) in [4.78, 5) is 23.2. The van der Waals surface area contributed by atoms with Gasteiger partial charge in [-0.05, 0) is 23.3 Å². The molecule has 0 fully saturated rings. The minimum Gasteiger partial charge on any atom is -0.469 e. The predicted octanol–water partition coefficient (Wildman–Crippen LogP) is 3.05. The van der Waals surface area contributed by atoms with E-state index in [-0.39, 0.29) is 18.8 Å². The molecule has 0 aliphatic rings. The molecule has 1 N–H and O–H groups in total. The first-order valence-corrected chi connectivity index (χ1v) is 7.66. The second-order valence-electron chi connectivity index (χ2n) is 5.36. The van der Waals surface area contributed by atoms with E-state index >= 15 is 0 Å². The summed E-state index contributed by atoms with van der Waals surface area (Å²) in [5.74, 6) is -0.899. The Kier molecular flexibility index (Phi) is 6.28. The van der Waals surface area contributed by atoms with Gasteiger partial charge in [0.2, 0.25) is 5.91 Å². The van der Waals surface area contributed by atoms with Crippen LogP contribution in [0.5, 0.6) is 0 Å². The average Bonchev–Trinajstić information content (AvgIpc) is 2.61. The highest BCUT2D eigenvalue weighted by Crippen LogP contribution is 2.25. The largest absolute Gasteiger partial charge is 0.469 e. The average molecular weight is 331 g/mol. The Morgan fingerprint density at radius 1 is 1.08 bits per heavy atom. The van der Waals surface area contributed by atoms with E-state index in [4.69, 9.17) is 4.74 Å². The molecule has 1 amide bonds. The van der Waals surface area contributed by atoms with E-state index in [9.17, 15) is 14.8 Å². The van der Waals surface area contributed by atoms with Gasteiger partial charge in [0.25, 0.3) is 0 Å². The van der Waals surface area contributed by atoms with Crippen LogP contribution in [0.2, 0.25) is 0 Å². The molecule has 0 bridgehead atoms. The molecule has 0 aliphatic heterocycles. The van der Waals surface area contributed by atoms with Crippen molar-refractivity contribution in [2.24, 2.45) is 0 Å². The molecule has 0 spiro atoms. The number of nitrogens with zero attached hydrogens (tertiary/aromatic N) is 1. The molecule has 0 heterocycles. The Balaban J connectivity index is 2.07. The van der Waals surface area contributed by atoms with Crippen LogP contribution in [0.1, 0.15) is 31.1 Å². The SMILES string of the molecule is COC(=O)CCCC(=O)N(O)C(OC)c1ccc2ccccc2c1. The molecule has 2 aromatic carbocycles. The van der Waals surface area contributed by atoms with Crippen molar-refractivity contribution in [3.05, 3.63) is 48.0 Å². The van der Waals surface area contributed by atoms with Crippen molar-refractivity contribution in [3.8, 4) is 0 Å². The van der Waals surface area contributed by atoms with Crippen LogP contribution in [0.25, 0.3) is 10.8 Å². The highest BCUT2D eigenvalue weighted by atomic mass is 16.6. The van der Waals surface area contributed by atoms with Crippen LogP contribution in [-0.2, 0) is 19.1 Å². The molecule has 0 saturated carbocycles. The van der Waals surface area contributed by atoms with Crippen LogP contribution in [0.3, 0.4) is 0 Å². The van der Waals surface area contributed by atoms with Crippen LogP contribution >= 0.6 is 0 Å². The van der Waals surface area contributed by atoms with Crippen molar-refractivity contribution in [3.63, 3.8) is 0 Å². The summed E-state index contributed by atoms with van der Waals surface area (Å²) >= 11 is 0. The molecule has 1 atom stereocenters. The quantitative estimate of drug-likeness (QED) is 0.365. The van der Waals surface area contributed by atoms with Gasteiger partial charge in [0.05, 0.1) is 7.11 Å². The highest BCUT2D eigenvalue weighted by molar-refractivity contribution is 5.83. The number of esters is 1. The number of amides is 1. The fraction of sp³-hybridized carbons (Fsp3) is 0.333. The van der Waals surface area contributed by atoms with Gasteiger partial charge >= 0.3 is 5.97 Å². The predicted molar refractivity (Wildman–Crippen MR) is 88.2 cm³/mol. The number of hydrogen-bond acceptors (Lipinski definition) is 5. The zero-order valence-electron chi connectivity index (χ0n) is 13.8. The third-order valence-corrected chi connectivity index (χ3v) is 3.76. The van der Waals surface area contributed by atoms with E-state index < -0.39 is 12.1 Å². The number of benzene rings is 2. The van der Waals surface area contributed by atoms with Crippen molar-refractivity contribution < 1.29 is 24.3 Å². The molecule has 0 radical (unpaired) electrons. The zero-order valence-corrected chi connectivity index (χ0v) is 13.8. The molecule has 1 unspecified atom stereocenters. The van der Waals surface area contributed by atoms with Gasteiger partial charge in [-0.3, -0.25) is 14.8 Å². The van der Waals surface area contributed by atoms with Crippen molar-refractivity contribution >= 4 is 22.6 Å². The van der Waals surface area contributed by atoms with Gasteiger partial charge in [0.1, 0.15) is 0 Å². The normalized spacial score (nSPS) is 12.0. The first-order chi connectivity index (χ1) is 11.6. The molecule has 0 saturated heterocycles. The fourth-order valence-corrected chi connectivity index (χ4v) is 2.47. The monoisotopic (exact) mass is 331 g/mol. The maximum atomic E-state index is 12.1. The molecule has 2 aromatic rings. The van der Waals surface area contributed by atoms with Gasteiger partial charge in [-0.1, -0.05) is 36.4 Å². The van der Waals surface area contributed by atoms with Crippen molar-refractivity contribution in [1.82, 2.24) is 5.06 Å². The number of methoxy groups -OCH3 is 2. The molecule has 2 rings (SSSR count). The van der Waals surface area contributed by atoms with Crippen molar-refractivity contribution in [2.45, 2.75) is 25.5 Å². The van der Waals surface area contributed by atoms with E-state index in [1.807, 2.05) is 36.4 Å². The Morgan fingerprint density at radius 2 is 1.79 bits per heavy atom. The number of carbonyl (C=O) groups excluding carboxylic acids is 2. The summed E-state index contributed by atoms with van der Waals surface area (Å²) < 4.78 is 9.80. The van der Waals surface area contributed by atoms with E-state index in [0.29, 0.717) is 17.0 Å². The van der Waals surface area contributed by atoms with Gasteiger partial charge in [-0.25, -0.2) is 0 Å². The zero-order chi connectivity index (χ0) is 17.5. The third-order valence-electron chi connectivity index (χ3n) is 3.76. The summed E-state index contributed by atoms with van der Waals surface area (Å²) in [6.07, 6.45) is -0.445. The summed E-state index contributed by atoms with van der Waals surface area (Å²) in [6.45, 7) is 0. The number of hydrogen-bond donors (Lipinski definition) is 1. The minimum absolute atomic E-state index is 0.0268. The highest BCUT2D eigenvalue weighted by Gasteiger charge is 2.23. The number of fused-ring (bicyclic) bond motifs is 1. The Morgan fingerprint density at radius 3 is 2.46 bits per heavy atom. The molecule has 0 aliphatic carbocycles. The van der Waals surface area contributed by atoms with E-state index in [1.54, 1.807) is 6.07 Å². The summed E-state index contributed by atoms with van der Waals surface area (Å²) in [5, 5.41) is 12.8. The smallest absolute Gasteiger partial charge is 0.305 e. The number of hydroxylamine groups is 2. The molecule has 24 heavy (non-hydrogen) atoms. The van der Waals surface area contributed by atoms with Crippen LogP contribution in [0.15, 0.2) is 42.5 Å². The number of rotatable bonds is 7. The summed E-state index contributed by atoms with van der Waals surface area (Å²) in [5.41, 5.74) is 0.667. The topological polar surface area (TPSA) is 76.1 Å². The second kappa shape index (κ2) is 8.42. The lowest BCUT2D eigenvalue weighted by molar-refractivity contribution is -0.215. The summed E-state index contributed by atoms with van der Waals surface area (Å²) in [6, 6.07) is 13.4. The lowest BCUT2D eigenvalue weighted by atomic mass is 10.1. The van der Waals surface area contributed by atoms with Crippen LogP contribution in [0.4, 0.5) is 0 Å². The fourth-order valence-electron chi connectivity index (χ4n) is 2.47. The number of carbonyl (C=O) groups is 2.